The van der Waals surface area contributed by atoms with Crippen LogP contribution in [0.1, 0.15) is 36.5 Å². The number of carbonyl (C=O) groups excluding carboxylic acids is 1. The topological polar surface area (TPSA) is 58.4 Å². The van der Waals surface area contributed by atoms with Crippen LogP contribution in [0.2, 0.25) is 0 Å². The fourth-order valence-electron chi connectivity index (χ4n) is 3.32. The number of benzene rings is 2. The molecule has 4 heteroatoms. The van der Waals surface area contributed by atoms with Gasteiger partial charge < -0.3 is 11.1 Å². The normalized spacial score (nSPS) is 15.7. The Balaban J connectivity index is 1.43. The molecular weight excluding hydrogens is 322 g/mol. The lowest BCUT2D eigenvalue weighted by molar-refractivity contribution is -0.120. The number of amides is 1. The number of hydrogen-bond acceptors (Lipinski definition) is 3. The van der Waals surface area contributed by atoms with Crippen molar-refractivity contribution in [2.45, 2.75) is 39.3 Å². The van der Waals surface area contributed by atoms with Crippen molar-refractivity contribution in [2.75, 3.05) is 18.8 Å². The van der Waals surface area contributed by atoms with Crippen LogP contribution in [0.15, 0.2) is 48.5 Å². The molecule has 4 nitrogen and oxygen atoms in total. The number of piperidine rings is 1. The van der Waals surface area contributed by atoms with Gasteiger partial charge in [-0.2, -0.15) is 0 Å². The van der Waals surface area contributed by atoms with Crippen LogP contribution in [0.4, 0.5) is 5.69 Å². The predicted molar refractivity (Wildman–Crippen MR) is 107 cm³/mol. The molecule has 138 valence electrons. The number of nitrogens with one attached hydrogen (secondary N) is 1. The van der Waals surface area contributed by atoms with Crippen molar-refractivity contribution in [3.8, 4) is 0 Å². The average molecular weight is 351 g/mol. The molecule has 3 N–H and O–H groups in total. The summed E-state index contributed by atoms with van der Waals surface area (Å²) in [5.74, 6) is 0.895. The number of anilines is 1. The maximum Gasteiger partial charge on any atom is 0.224 e. The van der Waals surface area contributed by atoms with E-state index < -0.39 is 0 Å². The fraction of sp³-hybridized carbons (Fsp3) is 0.409. The first kappa shape index (κ1) is 18.5. The smallest absolute Gasteiger partial charge is 0.224 e. The third kappa shape index (κ3) is 5.60. The number of hydrogen-bond donors (Lipinski definition) is 2. The highest BCUT2D eigenvalue weighted by molar-refractivity contribution is 5.78. The Kier molecular flexibility index (Phi) is 6.29. The minimum atomic E-state index is 0.0290. The number of rotatable bonds is 6. The zero-order chi connectivity index (χ0) is 18.4. The lowest BCUT2D eigenvalue weighted by Crippen LogP contribution is -2.32. The molecule has 0 unspecified atom stereocenters. The van der Waals surface area contributed by atoms with Crippen molar-refractivity contribution in [3.63, 3.8) is 0 Å². The summed E-state index contributed by atoms with van der Waals surface area (Å²) < 4.78 is 0. The van der Waals surface area contributed by atoms with Crippen LogP contribution in [0, 0.1) is 5.92 Å². The highest BCUT2D eigenvalue weighted by atomic mass is 16.1. The van der Waals surface area contributed by atoms with Crippen molar-refractivity contribution in [3.05, 3.63) is 65.2 Å². The van der Waals surface area contributed by atoms with Crippen LogP contribution >= 0.6 is 0 Å². The van der Waals surface area contributed by atoms with Crippen molar-refractivity contribution in [1.29, 1.82) is 0 Å². The summed E-state index contributed by atoms with van der Waals surface area (Å²) in [6.07, 6.45) is 2.99. The highest BCUT2D eigenvalue weighted by Crippen LogP contribution is 2.18. The maximum absolute atomic E-state index is 12.1. The van der Waals surface area contributed by atoms with E-state index in [1.54, 1.807) is 0 Å². The molecule has 1 saturated heterocycles. The van der Waals surface area contributed by atoms with E-state index in [1.807, 2.05) is 24.3 Å². The minimum absolute atomic E-state index is 0.0290. The highest BCUT2D eigenvalue weighted by Gasteiger charge is 2.15. The number of nitrogens with two attached hydrogens (primary N) is 1. The number of nitrogen functional groups attached to an aromatic ring is 1. The van der Waals surface area contributed by atoms with Gasteiger partial charge in [-0.05, 0) is 60.7 Å². The summed E-state index contributed by atoms with van der Waals surface area (Å²) in [5, 5.41) is 2.99. The van der Waals surface area contributed by atoms with Crippen molar-refractivity contribution >= 4 is 11.6 Å². The standard InChI is InChI=1S/C22H29N3O/c1-17-10-12-25(13-11-17)16-20-4-2-19(3-5-20)15-24-22(26)14-18-6-8-21(23)9-7-18/h2-9,17H,10-16,23H2,1H3,(H,24,26). The molecule has 0 spiro atoms. The summed E-state index contributed by atoms with van der Waals surface area (Å²) in [7, 11) is 0. The van der Waals surface area contributed by atoms with Crippen LogP contribution in [0.25, 0.3) is 0 Å². The van der Waals surface area contributed by atoms with Gasteiger partial charge >= 0.3 is 0 Å². The SMILES string of the molecule is CC1CCN(Cc2ccc(CNC(=O)Cc3ccc(N)cc3)cc2)CC1. The van der Waals surface area contributed by atoms with E-state index in [-0.39, 0.29) is 5.91 Å². The molecule has 0 saturated carbocycles. The largest absolute Gasteiger partial charge is 0.399 e. The Morgan fingerprint density at radius 3 is 2.23 bits per heavy atom. The average Bonchev–Trinajstić information content (AvgIpc) is 2.65. The fourth-order valence-corrected chi connectivity index (χ4v) is 3.32. The quantitative estimate of drug-likeness (QED) is 0.785. The first-order valence-corrected chi connectivity index (χ1v) is 9.50. The van der Waals surface area contributed by atoms with Gasteiger partial charge in [0.05, 0.1) is 6.42 Å². The Morgan fingerprint density at radius 1 is 1.00 bits per heavy atom. The Bertz CT molecular complexity index is 701. The van der Waals surface area contributed by atoms with Crippen LogP contribution in [0.3, 0.4) is 0 Å². The van der Waals surface area contributed by atoms with Crippen molar-refractivity contribution < 1.29 is 4.79 Å². The van der Waals surface area contributed by atoms with Crippen LogP contribution in [0.5, 0.6) is 0 Å². The predicted octanol–water partition coefficient (Wildman–Crippen LogP) is 3.36. The maximum atomic E-state index is 12.1. The lowest BCUT2D eigenvalue weighted by atomic mass is 9.99. The second-order valence-electron chi connectivity index (χ2n) is 7.47. The second kappa shape index (κ2) is 8.86. The Morgan fingerprint density at radius 2 is 1.58 bits per heavy atom. The molecule has 2 aromatic rings. The molecule has 26 heavy (non-hydrogen) atoms. The molecule has 0 bridgehead atoms. The third-order valence-electron chi connectivity index (χ3n) is 5.14. The van der Waals surface area contributed by atoms with Crippen molar-refractivity contribution in [1.82, 2.24) is 10.2 Å². The number of likely N-dealkylation sites (tertiary alicyclic amines) is 1. The van der Waals surface area contributed by atoms with Gasteiger partial charge in [-0.3, -0.25) is 9.69 Å². The van der Waals surface area contributed by atoms with Gasteiger partial charge in [-0.15, -0.1) is 0 Å². The first-order valence-electron chi connectivity index (χ1n) is 9.50. The van der Waals surface area contributed by atoms with Crippen LogP contribution in [-0.4, -0.2) is 23.9 Å². The zero-order valence-corrected chi connectivity index (χ0v) is 15.6. The molecule has 3 rings (SSSR count). The molecular formula is C22H29N3O. The summed E-state index contributed by atoms with van der Waals surface area (Å²) in [4.78, 5) is 14.6. The summed E-state index contributed by atoms with van der Waals surface area (Å²) >= 11 is 0. The molecule has 1 heterocycles. The monoisotopic (exact) mass is 351 g/mol. The molecule has 1 amide bonds. The summed E-state index contributed by atoms with van der Waals surface area (Å²) in [6.45, 7) is 6.33. The molecule has 2 aromatic carbocycles. The second-order valence-corrected chi connectivity index (χ2v) is 7.47. The zero-order valence-electron chi connectivity index (χ0n) is 15.6. The van der Waals surface area contributed by atoms with E-state index in [2.05, 4.69) is 41.4 Å². The lowest BCUT2D eigenvalue weighted by Gasteiger charge is -2.30. The first-order chi connectivity index (χ1) is 12.6. The Hall–Kier alpha value is -2.33. The van der Waals surface area contributed by atoms with Gasteiger partial charge in [0.1, 0.15) is 0 Å². The molecule has 0 aromatic heterocycles. The summed E-state index contributed by atoms with van der Waals surface area (Å²) in [6, 6.07) is 16.0. The minimum Gasteiger partial charge on any atom is -0.399 e. The van der Waals surface area contributed by atoms with E-state index in [0.29, 0.717) is 18.7 Å². The number of nitrogens with zero attached hydrogens (tertiary/aromatic N) is 1. The van der Waals surface area contributed by atoms with Crippen molar-refractivity contribution in [2.24, 2.45) is 5.92 Å². The molecule has 1 aliphatic heterocycles. The van der Waals surface area contributed by atoms with Gasteiger partial charge in [-0.25, -0.2) is 0 Å². The number of carbonyl (C=O) groups is 1. The van der Waals surface area contributed by atoms with Crippen LogP contribution in [-0.2, 0) is 24.3 Å². The third-order valence-corrected chi connectivity index (χ3v) is 5.14. The van der Waals surface area contributed by atoms with E-state index in [0.717, 1.165) is 23.6 Å². The van der Waals surface area contributed by atoms with Gasteiger partial charge in [0, 0.05) is 18.8 Å². The van der Waals surface area contributed by atoms with E-state index in [4.69, 9.17) is 5.73 Å². The van der Waals surface area contributed by atoms with Gasteiger partial charge in [0.15, 0.2) is 0 Å². The summed E-state index contributed by atoms with van der Waals surface area (Å²) in [5.41, 5.74) is 9.83. The van der Waals surface area contributed by atoms with Gasteiger partial charge in [0.2, 0.25) is 5.91 Å². The van der Waals surface area contributed by atoms with E-state index in [9.17, 15) is 4.79 Å². The molecule has 0 atom stereocenters. The molecule has 0 aliphatic carbocycles. The Labute approximate surface area is 156 Å². The van der Waals surface area contributed by atoms with E-state index >= 15 is 0 Å². The van der Waals surface area contributed by atoms with Gasteiger partial charge in [0.25, 0.3) is 0 Å². The van der Waals surface area contributed by atoms with Gasteiger partial charge in [-0.1, -0.05) is 43.3 Å². The molecule has 1 fully saturated rings. The molecule has 0 radical (unpaired) electrons. The van der Waals surface area contributed by atoms with Crippen LogP contribution < -0.4 is 11.1 Å². The van der Waals surface area contributed by atoms with E-state index in [1.165, 1.54) is 31.5 Å². The molecule has 1 aliphatic rings.